The van der Waals surface area contributed by atoms with Crippen LogP contribution < -0.4 is 4.90 Å². The van der Waals surface area contributed by atoms with Gasteiger partial charge in [-0.3, -0.25) is 0 Å². The maximum atomic E-state index is 2.52. The van der Waals surface area contributed by atoms with E-state index in [9.17, 15) is 0 Å². The molecule has 1 nitrogen and oxygen atoms in total. The summed E-state index contributed by atoms with van der Waals surface area (Å²) in [5.41, 5.74) is 8.42. The van der Waals surface area contributed by atoms with E-state index in [0.29, 0.717) is 0 Å². The van der Waals surface area contributed by atoms with Crippen LogP contribution >= 0.6 is 11.3 Å². The van der Waals surface area contributed by atoms with Gasteiger partial charge in [-0.1, -0.05) is 158 Å². The fraction of sp³-hybridized carbons (Fsp3) is 0. The molecular formula is C48H31NS. The molecule has 0 amide bonds. The fourth-order valence-corrected chi connectivity index (χ4v) is 8.86. The molecule has 0 bridgehead atoms. The highest BCUT2D eigenvalue weighted by Gasteiger charge is 2.24. The number of nitrogens with zero attached hydrogens (tertiary/aromatic N) is 1. The Kier molecular flexibility index (Phi) is 6.75. The van der Waals surface area contributed by atoms with Gasteiger partial charge in [-0.25, -0.2) is 0 Å². The van der Waals surface area contributed by atoms with E-state index in [4.69, 9.17) is 0 Å². The summed E-state index contributed by atoms with van der Waals surface area (Å²) in [5.74, 6) is 0. The zero-order valence-electron chi connectivity index (χ0n) is 27.3. The van der Waals surface area contributed by atoms with Crippen LogP contribution in [0, 0.1) is 0 Å². The van der Waals surface area contributed by atoms with Crippen molar-refractivity contribution in [2.45, 2.75) is 0 Å². The van der Waals surface area contributed by atoms with E-state index in [1.54, 1.807) is 0 Å². The number of hydrogen-bond acceptors (Lipinski definition) is 2. The van der Waals surface area contributed by atoms with Crippen LogP contribution in [0.1, 0.15) is 0 Å². The van der Waals surface area contributed by atoms with Crippen LogP contribution in [0.3, 0.4) is 0 Å². The number of anilines is 3. The molecule has 0 fully saturated rings. The van der Waals surface area contributed by atoms with Gasteiger partial charge >= 0.3 is 0 Å². The van der Waals surface area contributed by atoms with E-state index >= 15 is 0 Å². The Morgan fingerprint density at radius 3 is 1.80 bits per heavy atom. The predicted molar refractivity (Wildman–Crippen MR) is 217 cm³/mol. The number of benzene rings is 9. The lowest BCUT2D eigenvalue weighted by Crippen LogP contribution is -2.11. The van der Waals surface area contributed by atoms with Gasteiger partial charge in [0.2, 0.25) is 0 Å². The van der Waals surface area contributed by atoms with Crippen molar-refractivity contribution in [2.75, 3.05) is 4.90 Å². The predicted octanol–water partition coefficient (Wildman–Crippen LogP) is 14.3. The summed E-state index contributed by atoms with van der Waals surface area (Å²) in [7, 11) is 0. The van der Waals surface area contributed by atoms with E-state index in [-0.39, 0.29) is 0 Å². The summed E-state index contributed by atoms with van der Waals surface area (Å²) >= 11 is 1.89. The van der Waals surface area contributed by atoms with Crippen molar-refractivity contribution in [3.63, 3.8) is 0 Å². The molecule has 0 radical (unpaired) electrons. The molecule has 50 heavy (non-hydrogen) atoms. The maximum absolute atomic E-state index is 2.52. The quantitative estimate of drug-likeness (QED) is 0.179. The molecule has 0 spiro atoms. The molecule has 1 aromatic heterocycles. The molecule has 234 valence electrons. The van der Waals surface area contributed by atoms with E-state index in [2.05, 4.69) is 193 Å². The molecule has 0 atom stereocenters. The van der Waals surface area contributed by atoms with Gasteiger partial charge in [0.1, 0.15) is 0 Å². The molecule has 0 N–H and O–H groups in total. The van der Waals surface area contributed by atoms with Crippen LogP contribution in [-0.2, 0) is 0 Å². The van der Waals surface area contributed by atoms with Crippen molar-refractivity contribution in [3.8, 4) is 22.3 Å². The minimum atomic E-state index is 1.14. The van der Waals surface area contributed by atoms with E-state index in [1.165, 1.54) is 80.4 Å². The molecule has 0 aliphatic carbocycles. The topological polar surface area (TPSA) is 3.24 Å². The van der Waals surface area contributed by atoms with Crippen LogP contribution in [0.15, 0.2) is 188 Å². The summed E-state index contributed by atoms with van der Waals surface area (Å²) in [5, 5.41) is 9.99. The maximum Gasteiger partial charge on any atom is 0.0718 e. The Bertz CT molecular complexity index is 2870. The third-order valence-electron chi connectivity index (χ3n) is 10.0. The summed E-state index contributed by atoms with van der Waals surface area (Å²) in [4.78, 5) is 2.52. The number of fused-ring (bicyclic) bond motifs is 6. The lowest BCUT2D eigenvalue weighted by atomic mass is 9.94. The van der Waals surface area contributed by atoms with Crippen LogP contribution in [0.2, 0.25) is 0 Å². The Balaban J connectivity index is 1.26. The van der Waals surface area contributed by atoms with Gasteiger partial charge < -0.3 is 4.90 Å². The van der Waals surface area contributed by atoms with E-state index < -0.39 is 0 Å². The van der Waals surface area contributed by atoms with Crippen molar-refractivity contribution in [3.05, 3.63) is 188 Å². The fourth-order valence-electron chi connectivity index (χ4n) is 7.63. The first-order valence-electron chi connectivity index (χ1n) is 17.1. The molecule has 0 saturated carbocycles. The SMILES string of the molecule is c1ccc(-c2ccc(-c3ccc(N(c4ccc5ccccc5c4)c4c5ccccc5cc5c4sc4ccccc45)c4ccccc34)cc2)cc1. The van der Waals surface area contributed by atoms with Gasteiger partial charge in [-0.15, -0.1) is 11.3 Å². The zero-order valence-corrected chi connectivity index (χ0v) is 28.1. The van der Waals surface area contributed by atoms with Crippen LogP contribution in [0.4, 0.5) is 17.1 Å². The Morgan fingerprint density at radius 2 is 0.980 bits per heavy atom. The van der Waals surface area contributed by atoms with Gasteiger partial charge in [-0.2, -0.15) is 0 Å². The molecule has 2 heteroatoms. The smallest absolute Gasteiger partial charge is 0.0718 e. The standard InChI is InChI=1S/C48H31NS/c1-2-12-32(13-3-1)34-22-24-35(25-23-34)39-28-29-45(42-19-9-8-18-41(39)42)49(38-27-26-33-14-4-5-15-36(33)30-38)47-40-17-7-6-16-37(40)31-44-43-20-10-11-21-46(43)50-48(44)47/h1-31H. The van der Waals surface area contributed by atoms with Gasteiger partial charge in [0.05, 0.1) is 16.1 Å². The largest absolute Gasteiger partial charge is 0.308 e. The second-order valence-corrected chi connectivity index (χ2v) is 14.0. The molecule has 10 rings (SSSR count). The highest BCUT2D eigenvalue weighted by Crippen LogP contribution is 2.50. The molecule has 10 aromatic rings. The van der Waals surface area contributed by atoms with Crippen molar-refractivity contribution < 1.29 is 0 Å². The highest BCUT2D eigenvalue weighted by atomic mass is 32.1. The molecule has 0 unspecified atom stereocenters. The molecule has 0 saturated heterocycles. The second-order valence-electron chi connectivity index (χ2n) is 12.9. The molecule has 0 aliphatic rings. The van der Waals surface area contributed by atoms with Crippen LogP contribution in [-0.4, -0.2) is 0 Å². The third-order valence-corrected chi connectivity index (χ3v) is 11.2. The van der Waals surface area contributed by atoms with Crippen molar-refractivity contribution in [1.29, 1.82) is 0 Å². The number of rotatable bonds is 5. The minimum Gasteiger partial charge on any atom is -0.308 e. The first kappa shape index (κ1) is 28.8. The minimum absolute atomic E-state index is 1.14. The average Bonchev–Trinajstić information content (AvgIpc) is 3.56. The van der Waals surface area contributed by atoms with Crippen LogP contribution in [0.25, 0.3) is 74.7 Å². The Hall–Kier alpha value is -6.22. The van der Waals surface area contributed by atoms with E-state index in [1.807, 2.05) is 11.3 Å². The van der Waals surface area contributed by atoms with Crippen LogP contribution in [0.5, 0.6) is 0 Å². The lowest BCUT2D eigenvalue weighted by molar-refractivity contribution is 1.34. The third kappa shape index (κ3) is 4.69. The summed E-state index contributed by atoms with van der Waals surface area (Å²) in [6, 6.07) is 68.8. The molecule has 0 aliphatic heterocycles. The second kappa shape index (κ2) is 11.7. The Morgan fingerprint density at radius 1 is 0.360 bits per heavy atom. The summed E-state index contributed by atoms with van der Waals surface area (Å²) in [6.45, 7) is 0. The van der Waals surface area contributed by atoms with Crippen molar-refractivity contribution in [1.82, 2.24) is 0 Å². The zero-order chi connectivity index (χ0) is 33.0. The number of thiophene rings is 1. The first-order valence-corrected chi connectivity index (χ1v) is 17.9. The van der Waals surface area contributed by atoms with Gasteiger partial charge in [0.25, 0.3) is 0 Å². The average molecular weight is 654 g/mol. The monoisotopic (exact) mass is 653 g/mol. The first-order chi connectivity index (χ1) is 24.8. The van der Waals surface area contributed by atoms with Gasteiger partial charge in [0.15, 0.2) is 0 Å². The van der Waals surface area contributed by atoms with Crippen molar-refractivity contribution in [2.24, 2.45) is 0 Å². The Labute approximate surface area is 294 Å². The normalized spacial score (nSPS) is 11.6. The summed E-state index contributed by atoms with van der Waals surface area (Å²) < 4.78 is 2.60. The lowest BCUT2D eigenvalue weighted by Gasteiger charge is -2.29. The summed E-state index contributed by atoms with van der Waals surface area (Å²) in [6.07, 6.45) is 0. The van der Waals surface area contributed by atoms with Crippen molar-refractivity contribution >= 4 is 80.9 Å². The van der Waals surface area contributed by atoms with Gasteiger partial charge in [0, 0.05) is 31.9 Å². The van der Waals surface area contributed by atoms with E-state index in [0.717, 1.165) is 11.4 Å². The molecular weight excluding hydrogens is 623 g/mol. The number of hydrogen-bond donors (Lipinski definition) is 0. The molecule has 1 heterocycles. The molecule has 9 aromatic carbocycles. The van der Waals surface area contributed by atoms with Gasteiger partial charge in [-0.05, 0) is 74.1 Å². The highest BCUT2D eigenvalue weighted by molar-refractivity contribution is 7.26.